The third-order valence-electron chi connectivity index (χ3n) is 6.95. The Hall–Kier alpha value is -3.28. The number of fused-ring (bicyclic) bond motifs is 1. The van der Waals surface area contributed by atoms with Gasteiger partial charge in [-0.3, -0.25) is 9.59 Å². The topological polar surface area (TPSA) is 142 Å². The third-order valence-corrected chi connectivity index (χ3v) is 8.72. The molecule has 0 bridgehead atoms. The maximum Gasteiger partial charge on any atom is 0.287 e. The Morgan fingerprint density at radius 3 is 2.59 bits per heavy atom. The predicted octanol–water partition coefficient (Wildman–Crippen LogP) is 2.92. The number of amides is 2. The van der Waals surface area contributed by atoms with Crippen LogP contribution in [0.3, 0.4) is 0 Å². The first-order valence-corrected chi connectivity index (χ1v) is 14.6. The second-order valence-electron chi connectivity index (χ2n) is 10.5. The number of carbonyl (C=O) groups excluding carboxylic acids is 2. The largest absolute Gasteiger partial charge is 0.451 e. The number of nitrogens with zero attached hydrogens (tertiary/aromatic N) is 2. The van der Waals surface area contributed by atoms with E-state index in [-0.39, 0.29) is 29.8 Å². The predicted molar refractivity (Wildman–Crippen MR) is 147 cm³/mol. The lowest BCUT2D eigenvalue weighted by molar-refractivity contribution is -0.125. The van der Waals surface area contributed by atoms with Crippen molar-refractivity contribution in [2.45, 2.75) is 70.2 Å². The molecule has 210 valence electrons. The van der Waals surface area contributed by atoms with Gasteiger partial charge in [0.15, 0.2) is 10.8 Å². The minimum Gasteiger partial charge on any atom is -0.451 e. The molecular formula is C28H36N4O6S. The number of carbonyl (C=O) groups is 2. The third kappa shape index (κ3) is 6.48. The molecule has 3 heterocycles. The molecule has 11 heteroatoms. The second kappa shape index (κ2) is 11.8. The molecule has 1 aliphatic heterocycles. The van der Waals surface area contributed by atoms with E-state index < -0.39 is 40.0 Å². The van der Waals surface area contributed by atoms with Gasteiger partial charge >= 0.3 is 0 Å². The fourth-order valence-corrected chi connectivity index (χ4v) is 6.38. The van der Waals surface area contributed by atoms with Gasteiger partial charge in [-0.05, 0) is 57.2 Å². The quantitative estimate of drug-likeness (QED) is 0.387. The molecular weight excluding hydrogens is 520 g/mol. The van der Waals surface area contributed by atoms with Gasteiger partial charge in [0, 0.05) is 29.7 Å². The lowest BCUT2D eigenvalue weighted by Crippen LogP contribution is -2.54. The van der Waals surface area contributed by atoms with Crippen LogP contribution in [-0.4, -0.2) is 65.9 Å². The Balaban J connectivity index is 1.46. The summed E-state index contributed by atoms with van der Waals surface area (Å²) >= 11 is 0. The van der Waals surface area contributed by atoms with Crippen molar-refractivity contribution in [2.24, 2.45) is 5.92 Å². The molecule has 0 spiro atoms. The highest BCUT2D eigenvalue weighted by atomic mass is 32.2. The molecule has 0 aliphatic carbocycles. The molecule has 0 saturated carbocycles. The zero-order valence-corrected chi connectivity index (χ0v) is 23.5. The van der Waals surface area contributed by atoms with Crippen LogP contribution in [0.5, 0.6) is 0 Å². The van der Waals surface area contributed by atoms with E-state index in [1.54, 1.807) is 32.0 Å². The van der Waals surface area contributed by atoms with Crippen LogP contribution >= 0.6 is 0 Å². The van der Waals surface area contributed by atoms with Gasteiger partial charge in [-0.25, -0.2) is 13.4 Å². The van der Waals surface area contributed by atoms with Crippen LogP contribution in [0, 0.1) is 19.8 Å². The highest BCUT2D eigenvalue weighted by molar-refractivity contribution is 7.89. The Bertz CT molecular complexity index is 1450. The summed E-state index contributed by atoms with van der Waals surface area (Å²) < 4.78 is 33.3. The van der Waals surface area contributed by atoms with E-state index >= 15 is 0 Å². The van der Waals surface area contributed by atoms with Crippen molar-refractivity contribution in [3.05, 3.63) is 59.5 Å². The lowest BCUT2D eigenvalue weighted by atomic mass is 10.0. The Morgan fingerprint density at radius 2 is 1.90 bits per heavy atom. The number of β-amino-alcohol motifs (C(OH)–C–C–N with tert-alkyl or cyclic N) is 1. The van der Waals surface area contributed by atoms with Crippen LogP contribution in [0.15, 0.2) is 51.9 Å². The minimum atomic E-state index is -3.90. The lowest BCUT2D eigenvalue weighted by Gasteiger charge is -2.27. The van der Waals surface area contributed by atoms with Crippen LogP contribution in [0.2, 0.25) is 0 Å². The summed E-state index contributed by atoms with van der Waals surface area (Å²) in [6.07, 6.45) is 0.0562. The average molecular weight is 557 g/mol. The van der Waals surface area contributed by atoms with Gasteiger partial charge in [0.2, 0.25) is 5.91 Å². The first-order valence-electron chi connectivity index (χ1n) is 13.2. The molecule has 0 radical (unpaired) electrons. The molecule has 2 aromatic heterocycles. The van der Waals surface area contributed by atoms with Gasteiger partial charge in [0.05, 0.1) is 12.1 Å². The fourth-order valence-electron chi connectivity index (χ4n) is 4.89. The summed E-state index contributed by atoms with van der Waals surface area (Å²) in [5.41, 5.74) is 1.86. The molecule has 1 aromatic carbocycles. The minimum absolute atomic E-state index is 0.0715. The van der Waals surface area contributed by atoms with Crippen LogP contribution in [-0.2, 0) is 14.8 Å². The van der Waals surface area contributed by atoms with Crippen molar-refractivity contribution in [1.29, 1.82) is 0 Å². The number of rotatable bonds is 8. The number of hydrogen-bond acceptors (Lipinski definition) is 7. The molecule has 1 aliphatic rings. The maximum absolute atomic E-state index is 13.4. The molecule has 39 heavy (non-hydrogen) atoms. The Morgan fingerprint density at radius 1 is 1.15 bits per heavy atom. The van der Waals surface area contributed by atoms with E-state index in [4.69, 9.17) is 4.42 Å². The van der Waals surface area contributed by atoms with Gasteiger partial charge in [-0.1, -0.05) is 38.1 Å². The summed E-state index contributed by atoms with van der Waals surface area (Å²) in [7, 11) is -3.90. The molecule has 2 amide bonds. The number of nitrogens with one attached hydrogen (secondary N) is 2. The molecule has 3 N–H and O–H groups in total. The number of aromatic nitrogens is 1. The van der Waals surface area contributed by atoms with Crippen molar-refractivity contribution < 1.29 is 27.5 Å². The van der Waals surface area contributed by atoms with Crippen LogP contribution < -0.4 is 10.6 Å². The van der Waals surface area contributed by atoms with E-state index in [0.29, 0.717) is 36.1 Å². The number of sulfonamides is 1. The Kier molecular flexibility index (Phi) is 8.73. The monoisotopic (exact) mass is 556 g/mol. The van der Waals surface area contributed by atoms with E-state index in [1.807, 2.05) is 32.0 Å². The number of benzene rings is 1. The number of pyridine rings is 1. The standard InChI is InChI=1S/C28H36N4O6S/c1-17(2)15-22(31-28(35)26-19(4)20-10-5-6-12-24(20)38-26)27(34)30-21-11-8-14-32(16-23(21)33)39(36,37)25-13-7-9-18(3)29-25/h5-7,9-10,12-13,17,21-23,33H,8,11,14-16H2,1-4H3,(H,30,34)(H,31,35)/t21?,22?,23-/m0/s1. The number of hydrogen-bond donors (Lipinski definition) is 3. The Labute approximate surface area is 228 Å². The number of furan rings is 1. The van der Waals surface area contributed by atoms with E-state index in [1.165, 1.54) is 10.4 Å². The second-order valence-corrected chi connectivity index (χ2v) is 12.4. The number of aryl methyl sites for hydroxylation is 2. The van der Waals surface area contributed by atoms with Gasteiger partial charge in [-0.15, -0.1) is 0 Å². The van der Waals surface area contributed by atoms with Crippen molar-refractivity contribution in [3.63, 3.8) is 0 Å². The number of aliphatic hydroxyl groups is 1. The van der Waals surface area contributed by atoms with E-state index in [9.17, 15) is 23.1 Å². The van der Waals surface area contributed by atoms with Gasteiger partial charge in [-0.2, -0.15) is 4.31 Å². The smallest absolute Gasteiger partial charge is 0.287 e. The summed E-state index contributed by atoms with van der Waals surface area (Å²) in [5.74, 6) is -0.683. The van der Waals surface area contributed by atoms with Crippen molar-refractivity contribution in [1.82, 2.24) is 19.9 Å². The highest BCUT2D eigenvalue weighted by Crippen LogP contribution is 2.25. The first-order chi connectivity index (χ1) is 18.5. The SMILES string of the molecule is Cc1cccc(S(=O)(=O)N2CCCC(NC(=O)C(CC(C)C)NC(=O)c3oc4ccccc4c3C)[C@@H](O)C2)n1. The maximum atomic E-state index is 13.4. The van der Waals surface area contributed by atoms with Crippen molar-refractivity contribution >= 4 is 32.8 Å². The first kappa shape index (κ1) is 28.7. The molecule has 2 unspecified atom stereocenters. The molecule has 10 nitrogen and oxygen atoms in total. The normalized spacial score (nSPS) is 19.5. The van der Waals surface area contributed by atoms with Gasteiger partial charge in [0.25, 0.3) is 15.9 Å². The number of aliphatic hydroxyl groups excluding tert-OH is 1. The highest BCUT2D eigenvalue weighted by Gasteiger charge is 2.35. The summed E-state index contributed by atoms with van der Waals surface area (Å²) in [5, 5.41) is 17.4. The fraction of sp³-hybridized carbons (Fsp3) is 0.464. The molecule has 1 saturated heterocycles. The van der Waals surface area contributed by atoms with Crippen LogP contribution in [0.1, 0.15) is 54.9 Å². The average Bonchev–Trinajstić information content (AvgIpc) is 3.11. The van der Waals surface area contributed by atoms with Crippen LogP contribution in [0.25, 0.3) is 11.0 Å². The molecule has 3 atom stereocenters. The summed E-state index contributed by atoms with van der Waals surface area (Å²) in [6.45, 7) is 7.42. The van der Waals surface area contributed by atoms with E-state index in [2.05, 4.69) is 15.6 Å². The zero-order valence-electron chi connectivity index (χ0n) is 22.7. The summed E-state index contributed by atoms with van der Waals surface area (Å²) in [4.78, 5) is 30.6. The van der Waals surface area contributed by atoms with Crippen LogP contribution in [0.4, 0.5) is 0 Å². The molecule has 1 fully saturated rings. The number of para-hydroxylation sites is 1. The van der Waals surface area contributed by atoms with Gasteiger partial charge in [0.1, 0.15) is 11.6 Å². The van der Waals surface area contributed by atoms with Crippen molar-refractivity contribution in [2.75, 3.05) is 13.1 Å². The van der Waals surface area contributed by atoms with Crippen molar-refractivity contribution in [3.8, 4) is 0 Å². The zero-order chi connectivity index (χ0) is 28.3. The molecule has 4 rings (SSSR count). The molecule has 3 aromatic rings. The van der Waals surface area contributed by atoms with Gasteiger partial charge < -0.3 is 20.2 Å². The van der Waals surface area contributed by atoms with E-state index in [0.717, 1.165) is 5.39 Å². The summed E-state index contributed by atoms with van der Waals surface area (Å²) in [6, 6.07) is 10.6.